The minimum Gasteiger partial charge on any atom is -0.487 e. The lowest BCUT2D eigenvalue weighted by Gasteiger charge is -2.15. The number of sulfonamides is 1. The second-order valence-electron chi connectivity index (χ2n) is 7.73. The highest BCUT2D eigenvalue weighted by molar-refractivity contribution is 7.92. The molecule has 0 unspecified atom stereocenters. The van der Waals surface area contributed by atoms with E-state index in [0.717, 1.165) is 11.1 Å². The van der Waals surface area contributed by atoms with Crippen molar-refractivity contribution in [3.05, 3.63) is 77.0 Å². The molecule has 0 fully saturated rings. The molecule has 3 aromatic rings. The van der Waals surface area contributed by atoms with E-state index in [9.17, 15) is 13.2 Å². The summed E-state index contributed by atoms with van der Waals surface area (Å²) in [7, 11) is -3.95. The van der Waals surface area contributed by atoms with E-state index in [1.165, 1.54) is 18.4 Å². The largest absolute Gasteiger partial charge is 0.487 e. The molecule has 1 heterocycles. The molecule has 0 saturated heterocycles. The summed E-state index contributed by atoms with van der Waals surface area (Å²) in [5, 5.41) is 8.90. The Morgan fingerprint density at radius 1 is 1.13 bits per heavy atom. The van der Waals surface area contributed by atoms with Gasteiger partial charge in [0.05, 0.1) is 17.5 Å². The average Bonchev–Trinajstić information content (AvgIpc) is 3.16. The van der Waals surface area contributed by atoms with Crippen LogP contribution >= 0.6 is 0 Å². The first-order valence-corrected chi connectivity index (χ1v) is 11.3. The number of hydrogen-bond donors (Lipinski definition) is 2. The highest BCUT2D eigenvalue weighted by Gasteiger charge is 2.24. The molecule has 0 amide bonds. The molecule has 7 nitrogen and oxygen atoms in total. The van der Waals surface area contributed by atoms with Crippen molar-refractivity contribution in [3.8, 4) is 5.75 Å². The van der Waals surface area contributed by atoms with Crippen molar-refractivity contribution in [2.24, 2.45) is 5.92 Å². The maximum absolute atomic E-state index is 13.0. The second kappa shape index (κ2) is 9.26. The number of carboxylic acids is 1. The van der Waals surface area contributed by atoms with Gasteiger partial charge in [0.15, 0.2) is 0 Å². The van der Waals surface area contributed by atoms with Gasteiger partial charge in [0, 0.05) is 5.56 Å². The van der Waals surface area contributed by atoms with Gasteiger partial charge < -0.3 is 14.3 Å². The van der Waals surface area contributed by atoms with Crippen molar-refractivity contribution in [2.75, 3.05) is 4.72 Å². The molecule has 0 aliphatic carbocycles. The summed E-state index contributed by atoms with van der Waals surface area (Å²) in [5.74, 6) is -0.372. The van der Waals surface area contributed by atoms with Crippen LogP contribution in [0.4, 0.5) is 5.69 Å². The maximum atomic E-state index is 13.0. The van der Waals surface area contributed by atoms with Crippen LogP contribution in [0.1, 0.15) is 40.9 Å². The quantitative estimate of drug-likeness (QED) is 0.489. The Kier molecular flexibility index (Phi) is 6.70. The van der Waals surface area contributed by atoms with Gasteiger partial charge in [-0.1, -0.05) is 32.0 Å². The number of hydrogen-bond acceptors (Lipinski definition) is 5. The van der Waals surface area contributed by atoms with Crippen molar-refractivity contribution in [2.45, 2.75) is 38.9 Å². The van der Waals surface area contributed by atoms with Gasteiger partial charge in [-0.25, -0.2) is 4.79 Å². The predicted octanol–water partition coefficient (Wildman–Crippen LogP) is 4.86. The summed E-state index contributed by atoms with van der Waals surface area (Å²) in [6.07, 6.45) is 1.96. The van der Waals surface area contributed by atoms with E-state index >= 15 is 0 Å². The third kappa shape index (κ3) is 5.67. The normalized spacial score (nSPS) is 11.5. The smallest absolute Gasteiger partial charge is 0.335 e. The van der Waals surface area contributed by atoms with Crippen molar-refractivity contribution >= 4 is 21.7 Å². The van der Waals surface area contributed by atoms with Crippen molar-refractivity contribution < 1.29 is 27.5 Å². The minimum atomic E-state index is -3.95. The van der Waals surface area contributed by atoms with E-state index in [4.69, 9.17) is 14.3 Å². The third-order valence-electron chi connectivity index (χ3n) is 4.55. The summed E-state index contributed by atoms with van der Waals surface area (Å²) >= 11 is 0. The van der Waals surface area contributed by atoms with Crippen LogP contribution in [0.25, 0.3) is 0 Å². The fourth-order valence-corrected chi connectivity index (χ4v) is 4.31. The number of rotatable bonds is 9. The Balaban J connectivity index is 1.81. The lowest BCUT2D eigenvalue weighted by Crippen LogP contribution is -2.15. The Bertz CT molecular complexity index is 1160. The molecule has 0 aliphatic rings. The van der Waals surface area contributed by atoms with Crippen LogP contribution in [0.5, 0.6) is 5.75 Å². The molecule has 3 rings (SSSR count). The monoisotopic (exact) mass is 443 g/mol. The van der Waals surface area contributed by atoms with Gasteiger partial charge in [0.25, 0.3) is 10.0 Å². The fraction of sp³-hybridized carbons (Fsp3) is 0.261. The number of furan rings is 1. The first kappa shape index (κ1) is 22.4. The fourth-order valence-electron chi connectivity index (χ4n) is 3.09. The second-order valence-corrected chi connectivity index (χ2v) is 9.31. The highest BCUT2D eigenvalue weighted by atomic mass is 32.2. The van der Waals surface area contributed by atoms with Crippen LogP contribution in [0, 0.1) is 12.8 Å². The molecule has 2 N–H and O–H groups in total. The SMILES string of the molecule is Cc1ccc(OCc2ccc(C(=O)O)cc2)c(NS(=O)(=O)c2occc2CC(C)C)c1. The van der Waals surface area contributed by atoms with Gasteiger partial charge in [-0.05, 0) is 60.7 Å². The van der Waals surface area contributed by atoms with Crippen LogP contribution in [-0.2, 0) is 23.1 Å². The van der Waals surface area contributed by atoms with Gasteiger partial charge in [-0.3, -0.25) is 4.72 Å². The van der Waals surface area contributed by atoms with E-state index in [0.29, 0.717) is 23.4 Å². The molecule has 0 saturated carbocycles. The summed E-state index contributed by atoms with van der Waals surface area (Å²) in [6.45, 7) is 6.01. The first-order chi connectivity index (χ1) is 14.7. The number of carboxylic acid groups (broad SMARTS) is 1. The summed E-state index contributed by atoms with van der Waals surface area (Å²) in [5.41, 5.74) is 2.72. The zero-order valence-electron chi connectivity index (χ0n) is 17.6. The number of ether oxygens (including phenoxy) is 1. The number of benzene rings is 2. The van der Waals surface area contributed by atoms with Gasteiger partial charge in [0.1, 0.15) is 12.4 Å². The Morgan fingerprint density at radius 3 is 2.48 bits per heavy atom. The van der Waals surface area contributed by atoms with Crippen LogP contribution in [0.2, 0.25) is 0 Å². The summed E-state index contributed by atoms with van der Waals surface area (Å²) < 4.78 is 39.7. The van der Waals surface area contributed by atoms with E-state index in [-0.39, 0.29) is 23.2 Å². The molecule has 1 aromatic heterocycles. The van der Waals surface area contributed by atoms with E-state index < -0.39 is 16.0 Å². The number of nitrogens with one attached hydrogen (secondary N) is 1. The van der Waals surface area contributed by atoms with Crippen LogP contribution in [-0.4, -0.2) is 19.5 Å². The molecule has 0 radical (unpaired) electrons. The summed E-state index contributed by atoms with van der Waals surface area (Å²) in [6, 6.07) is 13.2. The average molecular weight is 444 g/mol. The van der Waals surface area contributed by atoms with Crippen LogP contribution in [0.3, 0.4) is 0 Å². The van der Waals surface area contributed by atoms with Crippen molar-refractivity contribution in [3.63, 3.8) is 0 Å². The van der Waals surface area contributed by atoms with Crippen molar-refractivity contribution in [1.82, 2.24) is 0 Å². The van der Waals surface area contributed by atoms with Crippen LogP contribution in [0.15, 0.2) is 64.3 Å². The van der Waals surface area contributed by atoms with Crippen molar-refractivity contribution in [1.29, 1.82) is 0 Å². The Hall–Kier alpha value is -3.26. The lowest BCUT2D eigenvalue weighted by molar-refractivity contribution is 0.0697. The van der Waals surface area contributed by atoms with E-state index in [1.54, 1.807) is 30.3 Å². The molecular weight excluding hydrogens is 418 g/mol. The summed E-state index contributed by atoms with van der Waals surface area (Å²) in [4.78, 5) is 11.0. The lowest BCUT2D eigenvalue weighted by atomic mass is 10.1. The van der Waals surface area contributed by atoms with Crippen LogP contribution < -0.4 is 9.46 Å². The number of carbonyl (C=O) groups is 1. The van der Waals surface area contributed by atoms with Gasteiger partial charge in [-0.15, -0.1) is 0 Å². The molecule has 0 aliphatic heterocycles. The first-order valence-electron chi connectivity index (χ1n) is 9.80. The number of aromatic carboxylic acids is 1. The van der Waals surface area contributed by atoms with Gasteiger partial charge >= 0.3 is 5.97 Å². The molecule has 8 heteroatoms. The molecule has 31 heavy (non-hydrogen) atoms. The Morgan fingerprint density at radius 2 is 1.84 bits per heavy atom. The highest BCUT2D eigenvalue weighted by Crippen LogP contribution is 2.30. The molecule has 0 spiro atoms. The van der Waals surface area contributed by atoms with Gasteiger partial charge in [0.2, 0.25) is 5.09 Å². The number of aryl methyl sites for hydroxylation is 1. The van der Waals surface area contributed by atoms with Gasteiger partial charge in [-0.2, -0.15) is 8.42 Å². The Labute approximate surface area is 181 Å². The number of anilines is 1. The predicted molar refractivity (Wildman–Crippen MR) is 117 cm³/mol. The molecular formula is C23H25NO6S. The zero-order valence-corrected chi connectivity index (χ0v) is 18.4. The molecule has 164 valence electrons. The molecule has 0 atom stereocenters. The zero-order chi connectivity index (χ0) is 22.6. The standard InChI is InChI=1S/C23H25NO6S/c1-15(2)12-19-10-11-29-23(19)31(27,28)24-20-13-16(3)4-9-21(20)30-14-17-5-7-18(8-6-17)22(25)26/h4-11,13,15,24H,12,14H2,1-3H3,(H,25,26). The molecule has 2 aromatic carbocycles. The minimum absolute atomic E-state index is 0.0992. The van der Waals surface area contributed by atoms with E-state index in [1.807, 2.05) is 26.8 Å². The topological polar surface area (TPSA) is 106 Å². The maximum Gasteiger partial charge on any atom is 0.335 e. The molecule has 0 bridgehead atoms. The van der Waals surface area contributed by atoms with E-state index in [2.05, 4.69) is 4.72 Å². The third-order valence-corrected chi connectivity index (χ3v) is 5.89.